The lowest BCUT2D eigenvalue weighted by Crippen LogP contribution is -2.60. The molecule has 0 heterocycles. The minimum absolute atomic E-state index is 0.0468. The maximum absolute atomic E-state index is 12.5. The Morgan fingerprint density at radius 1 is 1.20 bits per heavy atom. The van der Waals surface area contributed by atoms with Crippen molar-refractivity contribution < 1.29 is 32.4 Å². The van der Waals surface area contributed by atoms with Gasteiger partial charge in [0.25, 0.3) is 10.1 Å². The lowest BCUT2D eigenvalue weighted by molar-refractivity contribution is -0.167. The molecule has 4 aliphatic carbocycles. The number of ketones is 2. The van der Waals surface area contributed by atoms with E-state index in [0.29, 0.717) is 32.1 Å². The molecule has 4 aliphatic rings. The molecule has 3 saturated carbocycles. The molecule has 0 aromatic rings. The van der Waals surface area contributed by atoms with Crippen LogP contribution in [-0.4, -0.2) is 54.8 Å². The monoisotopic (exact) mass is 440 g/mol. The van der Waals surface area contributed by atoms with Gasteiger partial charge in [-0.3, -0.25) is 13.8 Å². The Balaban J connectivity index is 1.73. The SMILES string of the molecule is C[C@]12CC[C@H]3[C@@H](CCC4=CC(=O)CC(OS(C)(=O)=O)[C@@]43C)[C@@H]1CC[C@]2(O)C(=O)CO. The Hall–Kier alpha value is -1.09. The number of carbonyl (C=O) groups is 2. The standard InChI is InChI=1S/C22H32O7S/c1-20-8-6-17-15(16(20)7-9-22(20,26)18(25)12-23)5-4-13-10-14(24)11-19(21(13,17)2)29-30(3,27)28/h10,15-17,19,23,26H,4-9,11-12H2,1-3H3/t15-,16-,17-,19?,20-,21-,22-/m0/s1. The van der Waals surface area contributed by atoms with Crippen LogP contribution in [0.1, 0.15) is 58.8 Å². The quantitative estimate of drug-likeness (QED) is 0.640. The van der Waals surface area contributed by atoms with E-state index in [4.69, 9.17) is 4.18 Å². The van der Waals surface area contributed by atoms with E-state index >= 15 is 0 Å². The molecule has 8 heteroatoms. The van der Waals surface area contributed by atoms with Gasteiger partial charge in [-0.1, -0.05) is 19.4 Å². The Morgan fingerprint density at radius 2 is 1.87 bits per heavy atom. The second kappa shape index (κ2) is 6.95. The summed E-state index contributed by atoms with van der Waals surface area (Å²) in [5.74, 6) is -0.187. The number of aliphatic hydroxyl groups excluding tert-OH is 1. The third-order valence-corrected chi connectivity index (χ3v) is 9.67. The van der Waals surface area contributed by atoms with E-state index in [-0.39, 0.29) is 30.0 Å². The molecular formula is C22H32O7S. The van der Waals surface area contributed by atoms with E-state index in [1.165, 1.54) is 0 Å². The van der Waals surface area contributed by atoms with Crippen LogP contribution in [0.25, 0.3) is 0 Å². The molecule has 0 radical (unpaired) electrons. The first-order chi connectivity index (χ1) is 13.9. The third-order valence-electron chi connectivity index (χ3n) is 9.08. The van der Waals surface area contributed by atoms with Crippen LogP contribution in [-0.2, 0) is 23.9 Å². The van der Waals surface area contributed by atoms with Gasteiger partial charge in [0.2, 0.25) is 0 Å². The van der Waals surface area contributed by atoms with Gasteiger partial charge in [0, 0.05) is 17.3 Å². The fourth-order valence-corrected chi connectivity index (χ4v) is 8.23. The van der Waals surface area contributed by atoms with E-state index < -0.39 is 45.0 Å². The summed E-state index contributed by atoms with van der Waals surface area (Å²) in [5, 5.41) is 20.7. The van der Waals surface area contributed by atoms with Crippen LogP contribution in [0, 0.1) is 28.6 Å². The highest BCUT2D eigenvalue weighted by Crippen LogP contribution is 2.67. The number of hydrogen-bond donors (Lipinski definition) is 2. The van der Waals surface area contributed by atoms with Crippen molar-refractivity contribution in [2.24, 2.45) is 28.6 Å². The first-order valence-electron chi connectivity index (χ1n) is 10.9. The zero-order valence-corrected chi connectivity index (χ0v) is 18.7. The van der Waals surface area contributed by atoms with Crippen LogP contribution in [0.15, 0.2) is 11.6 Å². The van der Waals surface area contributed by atoms with Crippen molar-refractivity contribution in [3.05, 3.63) is 11.6 Å². The van der Waals surface area contributed by atoms with Gasteiger partial charge in [0.1, 0.15) is 12.2 Å². The van der Waals surface area contributed by atoms with Gasteiger partial charge < -0.3 is 10.2 Å². The Kier molecular flexibility index (Phi) is 5.13. The molecule has 168 valence electrons. The molecule has 30 heavy (non-hydrogen) atoms. The summed E-state index contributed by atoms with van der Waals surface area (Å²) in [7, 11) is -3.73. The largest absolute Gasteiger partial charge is 0.388 e. The molecule has 2 N–H and O–H groups in total. The average Bonchev–Trinajstić information content (AvgIpc) is 2.93. The number of carbonyl (C=O) groups excluding carboxylic acids is 2. The lowest BCUT2D eigenvalue weighted by atomic mass is 9.45. The van der Waals surface area contributed by atoms with E-state index in [9.17, 15) is 28.2 Å². The molecule has 0 saturated heterocycles. The third kappa shape index (κ3) is 2.98. The van der Waals surface area contributed by atoms with Crippen LogP contribution in [0.4, 0.5) is 0 Å². The molecule has 0 amide bonds. The first kappa shape index (κ1) is 22.1. The van der Waals surface area contributed by atoms with E-state index in [0.717, 1.165) is 18.2 Å². The van der Waals surface area contributed by atoms with Crippen molar-refractivity contribution in [1.29, 1.82) is 0 Å². The van der Waals surface area contributed by atoms with Gasteiger partial charge in [0.05, 0.1) is 12.4 Å². The van der Waals surface area contributed by atoms with Gasteiger partial charge in [0.15, 0.2) is 11.6 Å². The summed E-state index contributed by atoms with van der Waals surface area (Å²) in [6.07, 6.45) is 5.93. The van der Waals surface area contributed by atoms with Crippen LogP contribution >= 0.6 is 0 Å². The summed E-state index contributed by atoms with van der Waals surface area (Å²) in [5.41, 5.74) is -1.72. The zero-order chi connectivity index (χ0) is 22.1. The number of hydrogen-bond acceptors (Lipinski definition) is 7. The smallest absolute Gasteiger partial charge is 0.264 e. The summed E-state index contributed by atoms with van der Waals surface area (Å²) in [4.78, 5) is 24.8. The van der Waals surface area contributed by atoms with Crippen molar-refractivity contribution in [3.63, 3.8) is 0 Å². The molecule has 1 unspecified atom stereocenters. The van der Waals surface area contributed by atoms with Gasteiger partial charge >= 0.3 is 0 Å². The number of aliphatic hydroxyl groups is 2. The Morgan fingerprint density at radius 3 is 2.50 bits per heavy atom. The van der Waals surface area contributed by atoms with Crippen molar-refractivity contribution >= 4 is 21.7 Å². The van der Waals surface area contributed by atoms with Crippen LogP contribution in [0.2, 0.25) is 0 Å². The summed E-state index contributed by atoms with van der Waals surface area (Å²) >= 11 is 0. The van der Waals surface area contributed by atoms with Crippen LogP contribution in [0.5, 0.6) is 0 Å². The highest BCUT2D eigenvalue weighted by atomic mass is 32.2. The van der Waals surface area contributed by atoms with Crippen LogP contribution in [0.3, 0.4) is 0 Å². The lowest BCUT2D eigenvalue weighted by Gasteiger charge is -2.60. The summed E-state index contributed by atoms with van der Waals surface area (Å²) < 4.78 is 29.4. The fourth-order valence-electron chi connectivity index (χ4n) is 7.54. The van der Waals surface area contributed by atoms with Crippen molar-refractivity contribution in [1.82, 2.24) is 0 Å². The maximum Gasteiger partial charge on any atom is 0.264 e. The van der Waals surface area contributed by atoms with Crippen molar-refractivity contribution in [3.8, 4) is 0 Å². The molecule has 0 aromatic carbocycles. The minimum Gasteiger partial charge on any atom is -0.388 e. The molecule has 0 spiro atoms. The normalized spacial score (nSPS) is 45.9. The zero-order valence-electron chi connectivity index (χ0n) is 17.9. The van der Waals surface area contributed by atoms with E-state index in [2.05, 4.69) is 0 Å². The molecule has 3 fully saturated rings. The molecule has 0 bridgehead atoms. The highest BCUT2D eigenvalue weighted by molar-refractivity contribution is 7.86. The van der Waals surface area contributed by atoms with Gasteiger partial charge in [-0.05, 0) is 62.4 Å². The Labute approximate surface area is 178 Å². The molecule has 0 aliphatic heterocycles. The van der Waals surface area contributed by atoms with Crippen molar-refractivity contribution in [2.45, 2.75) is 70.5 Å². The topological polar surface area (TPSA) is 118 Å². The molecule has 0 aromatic heterocycles. The second-order valence-electron chi connectivity index (χ2n) is 10.3. The molecular weight excluding hydrogens is 408 g/mol. The number of Topliss-reactive ketones (excluding diaryl/α,β-unsaturated/α-hetero) is 1. The van der Waals surface area contributed by atoms with E-state index in [1.54, 1.807) is 6.08 Å². The van der Waals surface area contributed by atoms with Gasteiger partial charge in [-0.25, -0.2) is 0 Å². The van der Waals surface area contributed by atoms with Crippen LogP contribution < -0.4 is 0 Å². The Bertz CT molecular complexity index is 908. The predicted octanol–water partition coefficient (Wildman–Crippen LogP) is 1.77. The predicted molar refractivity (Wildman–Crippen MR) is 109 cm³/mol. The van der Waals surface area contributed by atoms with Gasteiger partial charge in [-0.2, -0.15) is 8.42 Å². The summed E-state index contributed by atoms with van der Waals surface area (Å²) in [6, 6.07) is 0. The number of rotatable bonds is 4. The maximum atomic E-state index is 12.5. The van der Waals surface area contributed by atoms with Crippen molar-refractivity contribution in [2.75, 3.05) is 12.9 Å². The summed E-state index contributed by atoms with van der Waals surface area (Å²) in [6.45, 7) is 3.33. The first-order valence-corrected chi connectivity index (χ1v) is 12.7. The fraction of sp³-hybridized carbons (Fsp3) is 0.818. The molecule has 7 atom stereocenters. The molecule has 4 rings (SSSR count). The van der Waals surface area contributed by atoms with E-state index in [1.807, 2.05) is 13.8 Å². The highest BCUT2D eigenvalue weighted by Gasteiger charge is 2.67. The average molecular weight is 441 g/mol. The van der Waals surface area contributed by atoms with Gasteiger partial charge in [-0.15, -0.1) is 0 Å². The molecule has 7 nitrogen and oxygen atoms in total. The number of fused-ring (bicyclic) bond motifs is 5. The minimum atomic E-state index is -3.73. The second-order valence-corrected chi connectivity index (χ2v) is 11.9.